The molecule has 3 aromatic heterocycles. The summed E-state index contributed by atoms with van der Waals surface area (Å²) >= 11 is 0. The Labute approximate surface area is 452 Å². The van der Waals surface area contributed by atoms with Crippen LogP contribution in [0.1, 0.15) is 16.7 Å². The topological polar surface area (TPSA) is 72.3 Å². The number of nitrogens with zero attached hydrogens (tertiary/aromatic N) is 6. The van der Waals surface area contributed by atoms with Crippen molar-refractivity contribution in [2.45, 2.75) is 13.8 Å². The molecule has 6 heteroatoms. The minimum absolute atomic E-state index is 0.537. The summed E-state index contributed by atoms with van der Waals surface area (Å²) in [5, 5.41) is 15.1. The van der Waals surface area contributed by atoms with Gasteiger partial charge in [0.1, 0.15) is 0 Å². The van der Waals surface area contributed by atoms with E-state index in [1.165, 1.54) is 33.4 Å². The van der Waals surface area contributed by atoms with E-state index >= 15 is 0 Å². The minimum atomic E-state index is 0.537. The highest BCUT2D eigenvalue weighted by Crippen LogP contribution is 2.44. The molecule has 0 aliphatic heterocycles. The molecule has 366 valence electrons. The van der Waals surface area contributed by atoms with Crippen LogP contribution in [0.15, 0.2) is 255 Å². The second-order valence-electron chi connectivity index (χ2n) is 20.0. The van der Waals surface area contributed by atoms with Crippen LogP contribution >= 0.6 is 0 Å². The highest BCUT2D eigenvalue weighted by molar-refractivity contribution is 6.12. The fourth-order valence-electron chi connectivity index (χ4n) is 11.6. The third-order valence-corrected chi connectivity index (χ3v) is 15.3. The molecule has 0 aliphatic carbocycles. The first-order valence-corrected chi connectivity index (χ1v) is 26.3. The molecule has 0 radical (unpaired) electrons. The Balaban J connectivity index is 1.07. The van der Waals surface area contributed by atoms with Crippen molar-refractivity contribution in [3.63, 3.8) is 0 Å². The van der Waals surface area contributed by atoms with Crippen molar-refractivity contribution in [2.75, 3.05) is 0 Å². The van der Waals surface area contributed by atoms with E-state index in [2.05, 4.69) is 223 Å². The zero-order valence-electron chi connectivity index (χ0n) is 42.9. The van der Waals surface area contributed by atoms with Crippen LogP contribution in [-0.2, 0) is 0 Å². The Bertz CT molecular complexity index is 4650. The van der Waals surface area contributed by atoms with E-state index in [1.54, 1.807) is 0 Å². The van der Waals surface area contributed by atoms with Gasteiger partial charge in [0.15, 0.2) is 17.5 Å². The molecule has 0 bridgehead atoms. The summed E-state index contributed by atoms with van der Waals surface area (Å²) in [6.45, 7) is 4.35. The van der Waals surface area contributed by atoms with Gasteiger partial charge in [0.05, 0.1) is 45.1 Å². The van der Waals surface area contributed by atoms with Crippen LogP contribution < -0.4 is 0 Å². The summed E-state index contributed by atoms with van der Waals surface area (Å²) in [7, 11) is 0. The monoisotopic (exact) mass is 996 g/mol. The van der Waals surface area contributed by atoms with Gasteiger partial charge in [-0.05, 0) is 131 Å². The summed E-state index contributed by atoms with van der Waals surface area (Å²) in [6.07, 6.45) is 0. The van der Waals surface area contributed by atoms with Gasteiger partial charge in [0.2, 0.25) is 0 Å². The fourth-order valence-corrected chi connectivity index (χ4v) is 11.6. The molecular formula is C72H48N6. The van der Waals surface area contributed by atoms with E-state index in [0.29, 0.717) is 23.0 Å². The number of aromatic nitrogens is 5. The van der Waals surface area contributed by atoms with Crippen LogP contribution in [0.3, 0.4) is 0 Å². The normalized spacial score (nSPS) is 11.4. The third kappa shape index (κ3) is 7.84. The summed E-state index contributed by atoms with van der Waals surface area (Å²) in [5.41, 5.74) is 20.4. The molecule has 3 heterocycles. The summed E-state index contributed by atoms with van der Waals surface area (Å²) in [5.74, 6) is 1.69. The molecule has 0 fully saturated rings. The number of aryl methyl sites for hydroxylation is 2. The number of nitriles is 1. The average molecular weight is 997 g/mol. The Kier molecular flexibility index (Phi) is 11.2. The first kappa shape index (κ1) is 46.1. The van der Waals surface area contributed by atoms with Gasteiger partial charge in [0, 0.05) is 43.8 Å². The molecule has 0 unspecified atom stereocenters. The van der Waals surface area contributed by atoms with Crippen LogP contribution in [0.2, 0.25) is 0 Å². The molecule has 0 N–H and O–H groups in total. The van der Waals surface area contributed by atoms with Crippen molar-refractivity contribution in [2.24, 2.45) is 0 Å². The number of benzene rings is 11. The standard InChI is InChI=1S/C72H48N6/c1-46-19-9-12-26-55(46)50-33-38-67-61(42-50)58-29-15-17-31-64(58)77(67)66-37-35-52(57-28-14-11-25-54(57)45-73)41-60(66)53-36-40-69(63(44-53)72-75-70(48-21-5-3-6-22-48)74-71(76-72)49-23-7-4-8-24-49)78-65-32-18-16-30-59(65)62-43-51(34-39-68(62)78)56-27-13-10-20-47(56)2/h3-44H,1-2H3. The summed E-state index contributed by atoms with van der Waals surface area (Å²) < 4.78 is 4.78. The first-order chi connectivity index (χ1) is 38.5. The van der Waals surface area contributed by atoms with Gasteiger partial charge in [-0.1, -0.05) is 188 Å². The zero-order valence-corrected chi connectivity index (χ0v) is 42.9. The van der Waals surface area contributed by atoms with Crippen LogP contribution in [0.25, 0.3) is 134 Å². The maximum Gasteiger partial charge on any atom is 0.166 e. The van der Waals surface area contributed by atoms with Crippen molar-refractivity contribution < 1.29 is 0 Å². The second kappa shape index (κ2) is 19.0. The lowest BCUT2D eigenvalue weighted by Crippen LogP contribution is -2.04. The molecule has 11 aromatic carbocycles. The van der Waals surface area contributed by atoms with E-state index in [0.717, 1.165) is 93.9 Å². The second-order valence-corrected chi connectivity index (χ2v) is 20.0. The molecule has 0 aliphatic rings. The van der Waals surface area contributed by atoms with E-state index in [4.69, 9.17) is 15.0 Å². The number of fused-ring (bicyclic) bond motifs is 6. The Morgan fingerprint density at radius 1 is 0.295 bits per heavy atom. The number of rotatable bonds is 9. The molecule has 0 saturated carbocycles. The highest BCUT2D eigenvalue weighted by atomic mass is 15.1. The molecule has 14 rings (SSSR count). The lowest BCUT2D eigenvalue weighted by atomic mass is 9.93. The summed E-state index contributed by atoms with van der Waals surface area (Å²) in [4.78, 5) is 16.0. The van der Waals surface area contributed by atoms with Crippen LogP contribution in [0.5, 0.6) is 0 Å². The predicted molar refractivity (Wildman–Crippen MR) is 321 cm³/mol. The molecule has 14 aromatic rings. The molecule has 0 spiro atoms. The maximum atomic E-state index is 10.5. The Morgan fingerprint density at radius 2 is 0.679 bits per heavy atom. The Morgan fingerprint density at radius 3 is 1.21 bits per heavy atom. The largest absolute Gasteiger partial charge is 0.309 e. The van der Waals surface area contributed by atoms with Gasteiger partial charge in [-0.15, -0.1) is 0 Å². The molecule has 0 amide bonds. The van der Waals surface area contributed by atoms with E-state index < -0.39 is 0 Å². The molecule has 0 saturated heterocycles. The van der Waals surface area contributed by atoms with Gasteiger partial charge in [-0.2, -0.15) is 5.26 Å². The Hall–Kier alpha value is -10.5. The summed E-state index contributed by atoms with van der Waals surface area (Å²) in [6, 6.07) is 92.2. The molecule has 78 heavy (non-hydrogen) atoms. The van der Waals surface area contributed by atoms with E-state index in [1.807, 2.05) is 60.7 Å². The molecule has 6 nitrogen and oxygen atoms in total. The van der Waals surface area contributed by atoms with E-state index in [9.17, 15) is 5.26 Å². The number of para-hydroxylation sites is 2. The quantitative estimate of drug-likeness (QED) is 0.144. The number of hydrogen-bond acceptors (Lipinski definition) is 4. The average Bonchev–Trinajstić information content (AvgIpc) is 4.16. The fraction of sp³-hybridized carbons (Fsp3) is 0.0278. The zero-order chi connectivity index (χ0) is 52.3. The van der Waals surface area contributed by atoms with Crippen LogP contribution in [0, 0.1) is 25.2 Å². The van der Waals surface area contributed by atoms with Gasteiger partial charge in [0.25, 0.3) is 0 Å². The van der Waals surface area contributed by atoms with Gasteiger partial charge in [-0.25, -0.2) is 15.0 Å². The van der Waals surface area contributed by atoms with Gasteiger partial charge >= 0.3 is 0 Å². The number of hydrogen-bond donors (Lipinski definition) is 0. The third-order valence-electron chi connectivity index (χ3n) is 15.3. The molecular weight excluding hydrogens is 949 g/mol. The van der Waals surface area contributed by atoms with Gasteiger partial charge in [-0.3, -0.25) is 0 Å². The maximum absolute atomic E-state index is 10.5. The van der Waals surface area contributed by atoms with Crippen LogP contribution in [0.4, 0.5) is 0 Å². The van der Waals surface area contributed by atoms with Crippen molar-refractivity contribution in [1.29, 1.82) is 5.26 Å². The first-order valence-electron chi connectivity index (χ1n) is 26.3. The van der Waals surface area contributed by atoms with Crippen molar-refractivity contribution in [1.82, 2.24) is 24.1 Å². The van der Waals surface area contributed by atoms with Crippen LogP contribution in [-0.4, -0.2) is 24.1 Å². The van der Waals surface area contributed by atoms with Crippen molar-refractivity contribution >= 4 is 43.6 Å². The highest BCUT2D eigenvalue weighted by Gasteiger charge is 2.24. The minimum Gasteiger partial charge on any atom is -0.309 e. The van der Waals surface area contributed by atoms with E-state index in [-0.39, 0.29) is 0 Å². The molecule has 0 atom stereocenters. The lowest BCUT2D eigenvalue weighted by molar-refractivity contribution is 1.06. The SMILES string of the molecule is Cc1ccccc1-c1ccc2c(c1)c1ccccc1n2-c1ccc(-c2ccccc2C#N)cc1-c1ccc(-n2c3ccccc3c3cc(-c4ccccc4C)ccc32)c(-c2nc(-c3ccccc3)nc(-c3ccccc3)n2)c1. The van der Waals surface area contributed by atoms with Gasteiger partial charge < -0.3 is 9.13 Å². The smallest absolute Gasteiger partial charge is 0.166 e. The predicted octanol–water partition coefficient (Wildman–Crippen LogP) is 18.2. The van der Waals surface area contributed by atoms with Crippen molar-refractivity contribution in [3.8, 4) is 96.1 Å². The lowest BCUT2D eigenvalue weighted by Gasteiger charge is -2.19. The van der Waals surface area contributed by atoms with Crippen molar-refractivity contribution in [3.05, 3.63) is 271 Å².